The van der Waals surface area contributed by atoms with Gasteiger partial charge in [-0.05, 0) is 57.1 Å². The maximum absolute atomic E-state index is 13.0. The molecule has 0 spiro atoms. The fraction of sp³-hybridized carbons (Fsp3) is 0.550. The van der Waals surface area contributed by atoms with E-state index in [2.05, 4.69) is 32.7 Å². The number of hydrogen-bond acceptors (Lipinski definition) is 6. The molecule has 1 aromatic carbocycles. The van der Waals surface area contributed by atoms with Crippen LogP contribution in [0.4, 0.5) is 5.69 Å². The average molecular weight is 421 g/mol. The summed E-state index contributed by atoms with van der Waals surface area (Å²) in [5.41, 5.74) is 2.53. The summed E-state index contributed by atoms with van der Waals surface area (Å²) in [5, 5.41) is 11.9. The predicted molar refractivity (Wildman–Crippen MR) is 114 cm³/mol. The molecule has 0 saturated carbocycles. The first-order chi connectivity index (χ1) is 13.7. The molecule has 1 aromatic heterocycles. The molecule has 2 saturated heterocycles. The first-order valence-electron chi connectivity index (χ1n) is 9.98. The summed E-state index contributed by atoms with van der Waals surface area (Å²) in [5.74, 6) is 0.844. The average Bonchev–Trinajstić information content (AvgIpc) is 3.15. The number of halogens is 1. The Hall–Kier alpha value is -2.32. The van der Waals surface area contributed by atoms with Crippen molar-refractivity contribution in [1.82, 2.24) is 25.2 Å². The van der Waals surface area contributed by atoms with Gasteiger partial charge in [0.15, 0.2) is 5.69 Å². The topological polar surface area (TPSA) is 75.5 Å². The second-order valence-corrected chi connectivity index (χ2v) is 7.43. The van der Waals surface area contributed by atoms with Crippen LogP contribution in [0.1, 0.15) is 35.1 Å². The van der Waals surface area contributed by atoms with E-state index in [0.717, 1.165) is 56.2 Å². The molecular weight excluding hydrogens is 392 g/mol. The van der Waals surface area contributed by atoms with E-state index in [0.29, 0.717) is 24.8 Å². The Kier molecular flexibility index (Phi) is 6.97. The van der Waals surface area contributed by atoms with Crippen LogP contribution in [0.3, 0.4) is 0 Å². The number of rotatable bonds is 4. The molecule has 158 valence electrons. The molecule has 4 rings (SSSR count). The SMILES string of the molecule is COc1ccc(N2CCN(C(=O)c3nnn(C4CCNCC4)c3C)CC2)cc1.Cl. The largest absolute Gasteiger partial charge is 0.497 e. The zero-order valence-corrected chi connectivity index (χ0v) is 17.8. The summed E-state index contributed by atoms with van der Waals surface area (Å²) in [6.45, 7) is 6.91. The molecule has 29 heavy (non-hydrogen) atoms. The van der Waals surface area contributed by atoms with Gasteiger partial charge in [0.2, 0.25) is 0 Å². The molecule has 2 fully saturated rings. The van der Waals surface area contributed by atoms with Crippen LogP contribution in [0.15, 0.2) is 24.3 Å². The molecule has 1 amide bonds. The third-order valence-corrected chi connectivity index (χ3v) is 5.79. The first-order valence-corrected chi connectivity index (χ1v) is 9.98. The van der Waals surface area contributed by atoms with Crippen molar-refractivity contribution in [2.24, 2.45) is 0 Å². The van der Waals surface area contributed by atoms with Crippen LogP contribution >= 0.6 is 12.4 Å². The molecule has 0 unspecified atom stereocenters. The normalized spacial score (nSPS) is 17.7. The molecule has 9 heteroatoms. The van der Waals surface area contributed by atoms with E-state index >= 15 is 0 Å². The minimum Gasteiger partial charge on any atom is -0.497 e. The number of carbonyl (C=O) groups is 1. The monoisotopic (exact) mass is 420 g/mol. The van der Waals surface area contributed by atoms with Crippen LogP contribution in [0.25, 0.3) is 0 Å². The number of anilines is 1. The second-order valence-electron chi connectivity index (χ2n) is 7.43. The summed E-state index contributed by atoms with van der Waals surface area (Å²) < 4.78 is 7.17. The highest BCUT2D eigenvalue weighted by Gasteiger charge is 2.28. The lowest BCUT2D eigenvalue weighted by Crippen LogP contribution is -2.49. The zero-order chi connectivity index (χ0) is 19.5. The van der Waals surface area contributed by atoms with Gasteiger partial charge < -0.3 is 19.9 Å². The Labute approximate surface area is 177 Å². The molecule has 1 N–H and O–H groups in total. The van der Waals surface area contributed by atoms with Crippen LogP contribution in [0.5, 0.6) is 5.75 Å². The Balaban J connectivity index is 0.00000240. The Morgan fingerprint density at radius 2 is 1.76 bits per heavy atom. The van der Waals surface area contributed by atoms with E-state index in [1.54, 1.807) is 7.11 Å². The minimum absolute atomic E-state index is 0. The van der Waals surface area contributed by atoms with Gasteiger partial charge in [-0.2, -0.15) is 0 Å². The molecule has 3 heterocycles. The highest BCUT2D eigenvalue weighted by molar-refractivity contribution is 5.93. The van der Waals surface area contributed by atoms with E-state index in [1.165, 1.54) is 0 Å². The van der Waals surface area contributed by atoms with E-state index in [1.807, 2.05) is 28.6 Å². The van der Waals surface area contributed by atoms with E-state index < -0.39 is 0 Å². The highest BCUT2D eigenvalue weighted by Crippen LogP contribution is 2.23. The second kappa shape index (κ2) is 9.45. The molecule has 0 atom stereocenters. The third kappa shape index (κ3) is 4.48. The number of piperazine rings is 1. The molecule has 0 bridgehead atoms. The highest BCUT2D eigenvalue weighted by atomic mass is 35.5. The number of benzene rings is 1. The van der Waals surface area contributed by atoms with Crippen molar-refractivity contribution in [1.29, 1.82) is 0 Å². The summed E-state index contributed by atoms with van der Waals surface area (Å²) in [6, 6.07) is 8.39. The maximum atomic E-state index is 13.0. The van der Waals surface area contributed by atoms with Crippen LogP contribution in [-0.2, 0) is 0 Å². The smallest absolute Gasteiger partial charge is 0.276 e. The zero-order valence-electron chi connectivity index (χ0n) is 17.0. The molecule has 2 aliphatic rings. The lowest BCUT2D eigenvalue weighted by Gasteiger charge is -2.36. The quantitative estimate of drug-likeness (QED) is 0.814. The van der Waals surface area contributed by atoms with Gasteiger partial charge in [0, 0.05) is 31.9 Å². The Morgan fingerprint density at radius 3 is 2.38 bits per heavy atom. The van der Waals surface area contributed by atoms with Gasteiger partial charge in [-0.1, -0.05) is 5.21 Å². The number of aromatic nitrogens is 3. The Bertz CT molecular complexity index is 811. The van der Waals surface area contributed by atoms with Crippen molar-refractivity contribution in [3.8, 4) is 5.75 Å². The molecule has 8 nitrogen and oxygen atoms in total. The number of piperidine rings is 1. The van der Waals surface area contributed by atoms with Gasteiger partial charge in [-0.25, -0.2) is 4.68 Å². The molecular formula is C20H29ClN6O2. The summed E-state index contributed by atoms with van der Waals surface area (Å²) >= 11 is 0. The minimum atomic E-state index is -0.00735. The number of carbonyl (C=O) groups excluding carboxylic acids is 1. The van der Waals surface area contributed by atoms with Gasteiger partial charge >= 0.3 is 0 Å². The van der Waals surface area contributed by atoms with Crippen molar-refractivity contribution >= 4 is 24.0 Å². The summed E-state index contributed by atoms with van der Waals surface area (Å²) in [6.07, 6.45) is 2.05. The first kappa shape index (κ1) is 21.4. The van der Waals surface area contributed by atoms with Crippen molar-refractivity contribution < 1.29 is 9.53 Å². The van der Waals surface area contributed by atoms with Gasteiger partial charge in [0.1, 0.15) is 5.75 Å². The van der Waals surface area contributed by atoms with Crippen molar-refractivity contribution in [2.75, 3.05) is 51.3 Å². The Morgan fingerprint density at radius 1 is 1.10 bits per heavy atom. The van der Waals surface area contributed by atoms with Crippen LogP contribution < -0.4 is 15.0 Å². The van der Waals surface area contributed by atoms with Crippen LogP contribution in [0.2, 0.25) is 0 Å². The summed E-state index contributed by atoms with van der Waals surface area (Å²) in [4.78, 5) is 17.2. The van der Waals surface area contributed by atoms with Crippen LogP contribution in [0, 0.1) is 6.92 Å². The van der Waals surface area contributed by atoms with E-state index in [-0.39, 0.29) is 18.3 Å². The summed E-state index contributed by atoms with van der Waals surface area (Å²) in [7, 11) is 1.67. The third-order valence-electron chi connectivity index (χ3n) is 5.79. The fourth-order valence-electron chi connectivity index (χ4n) is 4.05. The van der Waals surface area contributed by atoms with Gasteiger partial charge in [-0.3, -0.25) is 4.79 Å². The van der Waals surface area contributed by atoms with Crippen molar-refractivity contribution in [3.63, 3.8) is 0 Å². The number of methoxy groups -OCH3 is 1. The number of hydrogen-bond donors (Lipinski definition) is 1. The molecule has 0 aliphatic carbocycles. The van der Waals surface area contributed by atoms with Crippen molar-refractivity contribution in [3.05, 3.63) is 35.7 Å². The number of nitrogens with zero attached hydrogens (tertiary/aromatic N) is 5. The standard InChI is InChI=1S/C20H28N6O2.ClH/c1-15-19(22-23-26(15)17-7-9-21-10-8-17)20(27)25-13-11-24(12-14-25)16-3-5-18(28-2)6-4-16;/h3-6,17,21H,7-14H2,1-2H3;1H. The lowest BCUT2D eigenvalue weighted by molar-refractivity contribution is 0.0740. The molecule has 0 radical (unpaired) electrons. The van der Waals surface area contributed by atoms with Gasteiger partial charge in [0.25, 0.3) is 5.91 Å². The van der Waals surface area contributed by atoms with E-state index in [4.69, 9.17) is 4.74 Å². The van der Waals surface area contributed by atoms with Gasteiger partial charge in [-0.15, -0.1) is 17.5 Å². The molecule has 2 aliphatic heterocycles. The van der Waals surface area contributed by atoms with E-state index in [9.17, 15) is 4.79 Å². The maximum Gasteiger partial charge on any atom is 0.276 e. The predicted octanol–water partition coefficient (Wildman–Crippen LogP) is 1.90. The number of amides is 1. The lowest BCUT2D eigenvalue weighted by atomic mass is 10.1. The van der Waals surface area contributed by atoms with Gasteiger partial charge in [0.05, 0.1) is 18.8 Å². The molecule has 2 aromatic rings. The number of nitrogens with one attached hydrogen (secondary N) is 1. The fourth-order valence-corrected chi connectivity index (χ4v) is 4.05. The number of ether oxygens (including phenoxy) is 1. The van der Waals surface area contributed by atoms with Crippen molar-refractivity contribution in [2.45, 2.75) is 25.8 Å². The van der Waals surface area contributed by atoms with Crippen LogP contribution in [-0.4, -0.2) is 72.2 Å².